The van der Waals surface area contributed by atoms with Crippen LogP contribution in [0.25, 0.3) is 0 Å². The molecule has 1 aromatic rings. The SMILES string of the molecule is CC(C)OC(=N)Cc1ccccc1. The van der Waals surface area contributed by atoms with Crippen LogP contribution < -0.4 is 0 Å². The van der Waals surface area contributed by atoms with Crippen LogP contribution in [0, 0.1) is 5.41 Å². The minimum Gasteiger partial charge on any atom is -0.478 e. The quantitative estimate of drug-likeness (QED) is 0.558. The number of nitrogens with one attached hydrogen (secondary N) is 1. The minimum absolute atomic E-state index is 0.0937. The third kappa shape index (κ3) is 3.74. The van der Waals surface area contributed by atoms with Crippen molar-refractivity contribution in [2.24, 2.45) is 0 Å². The van der Waals surface area contributed by atoms with Crippen molar-refractivity contribution in [3.8, 4) is 0 Å². The zero-order chi connectivity index (χ0) is 9.68. The molecule has 1 N–H and O–H groups in total. The van der Waals surface area contributed by atoms with Crippen molar-refractivity contribution < 1.29 is 4.74 Å². The minimum atomic E-state index is 0.0937. The molecule has 1 rings (SSSR count). The first-order chi connectivity index (χ1) is 6.18. The molecule has 0 spiro atoms. The number of hydrogen-bond acceptors (Lipinski definition) is 2. The van der Waals surface area contributed by atoms with E-state index in [1.165, 1.54) is 0 Å². The molecule has 0 aromatic heterocycles. The van der Waals surface area contributed by atoms with Gasteiger partial charge in [0.05, 0.1) is 6.10 Å². The third-order valence-electron chi connectivity index (χ3n) is 1.59. The van der Waals surface area contributed by atoms with E-state index < -0.39 is 0 Å². The first-order valence-electron chi connectivity index (χ1n) is 4.46. The lowest BCUT2D eigenvalue weighted by Gasteiger charge is -2.10. The molecule has 0 radical (unpaired) electrons. The average molecular weight is 177 g/mol. The van der Waals surface area contributed by atoms with Gasteiger partial charge < -0.3 is 4.74 Å². The Morgan fingerprint density at radius 3 is 2.46 bits per heavy atom. The van der Waals surface area contributed by atoms with Crippen molar-refractivity contribution in [2.45, 2.75) is 26.4 Å². The maximum atomic E-state index is 7.53. The van der Waals surface area contributed by atoms with Crippen molar-refractivity contribution in [2.75, 3.05) is 0 Å². The lowest BCUT2D eigenvalue weighted by atomic mass is 10.1. The summed E-state index contributed by atoms with van der Waals surface area (Å²) in [6.07, 6.45) is 0.676. The maximum absolute atomic E-state index is 7.53. The molecular formula is C11H15NO. The molecule has 0 heterocycles. The van der Waals surface area contributed by atoms with E-state index in [-0.39, 0.29) is 6.10 Å². The summed E-state index contributed by atoms with van der Waals surface area (Å²) in [5.41, 5.74) is 1.12. The Kier molecular flexibility index (Phi) is 3.50. The van der Waals surface area contributed by atoms with Gasteiger partial charge in [-0.1, -0.05) is 30.3 Å². The Morgan fingerprint density at radius 1 is 1.31 bits per heavy atom. The monoisotopic (exact) mass is 177 g/mol. The van der Waals surface area contributed by atoms with Gasteiger partial charge in [-0.2, -0.15) is 0 Å². The van der Waals surface area contributed by atoms with E-state index in [1.807, 2.05) is 44.2 Å². The Bertz CT molecular complexity index is 267. The summed E-state index contributed by atoms with van der Waals surface area (Å²) in [5.74, 6) is 0.334. The molecule has 0 bridgehead atoms. The molecule has 70 valence electrons. The van der Waals surface area contributed by atoms with Crippen LogP contribution >= 0.6 is 0 Å². The van der Waals surface area contributed by atoms with E-state index in [9.17, 15) is 0 Å². The molecular weight excluding hydrogens is 162 g/mol. The normalized spacial score (nSPS) is 10.1. The highest BCUT2D eigenvalue weighted by atomic mass is 16.5. The molecule has 0 atom stereocenters. The number of hydrogen-bond donors (Lipinski definition) is 1. The van der Waals surface area contributed by atoms with Crippen LogP contribution in [0.1, 0.15) is 19.4 Å². The van der Waals surface area contributed by atoms with Crippen molar-refractivity contribution in [1.29, 1.82) is 5.41 Å². The van der Waals surface area contributed by atoms with Crippen molar-refractivity contribution >= 4 is 5.90 Å². The summed E-state index contributed by atoms with van der Waals surface area (Å²) in [6, 6.07) is 9.91. The van der Waals surface area contributed by atoms with Crippen LogP contribution in [-0.2, 0) is 11.2 Å². The molecule has 2 heteroatoms. The number of rotatable bonds is 3. The fraction of sp³-hybridized carbons (Fsp3) is 0.364. The van der Waals surface area contributed by atoms with Crippen LogP contribution in [-0.4, -0.2) is 12.0 Å². The highest BCUT2D eigenvalue weighted by molar-refractivity contribution is 5.75. The maximum Gasteiger partial charge on any atom is 0.185 e. The predicted octanol–water partition coefficient (Wildman–Crippen LogP) is 2.63. The van der Waals surface area contributed by atoms with Crippen molar-refractivity contribution in [3.05, 3.63) is 35.9 Å². The van der Waals surface area contributed by atoms with E-state index in [4.69, 9.17) is 10.1 Å². The van der Waals surface area contributed by atoms with E-state index in [1.54, 1.807) is 0 Å². The fourth-order valence-corrected chi connectivity index (χ4v) is 1.11. The Hall–Kier alpha value is -1.31. The molecule has 0 saturated heterocycles. The van der Waals surface area contributed by atoms with Gasteiger partial charge in [-0.05, 0) is 19.4 Å². The molecule has 0 aliphatic rings. The van der Waals surface area contributed by atoms with E-state index in [0.29, 0.717) is 12.3 Å². The van der Waals surface area contributed by atoms with Gasteiger partial charge in [0, 0.05) is 6.42 Å². The smallest absolute Gasteiger partial charge is 0.185 e. The summed E-state index contributed by atoms with van der Waals surface area (Å²) < 4.78 is 5.24. The second kappa shape index (κ2) is 4.65. The highest BCUT2D eigenvalue weighted by Crippen LogP contribution is 2.02. The molecule has 2 nitrogen and oxygen atoms in total. The number of benzene rings is 1. The van der Waals surface area contributed by atoms with Gasteiger partial charge >= 0.3 is 0 Å². The number of ether oxygens (including phenoxy) is 1. The van der Waals surface area contributed by atoms with Gasteiger partial charge in [0.15, 0.2) is 5.90 Å². The topological polar surface area (TPSA) is 33.1 Å². The Labute approximate surface area is 79.1 Å². The van der Waals surface area contributed by atoms with Gasteiger partial charge in [0.1, 0.15) is 0 Å². The summed E-state index contributed by atoms with van der Waals surface area (Å²) in [4.78, 5) is 0. The average Bonchev–Trinajstić information content (AvgIpc) is 2.04. The van der Waals surface area contributed by atoms with E-state index >= 15 is 0 Å². The molecule has 0 amide bonds. The van der Waals surface area contributed by atoms with Crippen LogP contribution in [0.2, 0.25) is 0 Å². The molecule has 0 unspecified atom stereocenters. The second-order valence-electron chi connectivity index (χ2n) is 3.25. The van der Waals surface area contributed by atoms with E-state index in [0.717, 1.165) is 5.56 Å². The second-order valence-corrected chi connectivity index (χ2v) is 3.25. The highest BCUT2D eigenvalue weighted by Gasteiger charge is 2.01. The summed E-state index contributed by atoms with van der Waals surface area (Å²) in [5, 5.41) is 7.53. The first kappa shape index (κ1) is 9.78. The van der Waals surface area contributed by atoms with Crippen molar-refractivity contribution in [1.82, 2.24) is 0 Å². The molecule has 13 heavy (non-hydrogen) atoms. The molecule has 0 aliphatic carbocycles. The lowest BCUT2D eigenvalue weighted by Crippen LogP contribution is -2.12. The summed E-state index contributed by atoms with van der Waals surface area (Å²) in [6.45, 7) is 3.86. The van der Waals surface area contributed by atoms with Crippen LogP contribution in [0.5, 0.6) is 0 Å². The van der Waals surface area contributed by atoms with Gasteiger partial charge in [-0.25, -0.2) is 0 Å². The van der Waals surface area contributed by atoms with Crippen molar-refractivity contribution in [3.63, 3.8) is 0 Å². The third-order valence-corrected chi connectivity index (χ3v) is 1.59. The molecule has 1 aromatic carbocycles. The lowest BCUT2D eigenvalue weighted by molar-refractivity contribution is 0.221. The fourth-order valence-electron chi connectivity index (χ4n) is 1.11. The molecule has 0 aliphatic heterocycles. The first-order valence-corrected chi connectivity index (χ1v) is 4.46. The summed E-state index contributed by atoms with van der Waals surface area (Å²) in [7, 11) is 0. The zero-order valence-corrected chi connectivity index (χ0v) is 8.08. The molecule has 0 saturated carbocycles. The van der Waals surface area contributed by atoms with Crippen LogP contribution in [0.3, 0.4) is 0 Å². The van der Waals surface area contributed by atoms with Gasteiger partial charge in [0.2, 0.25) is 0 Å². The zero-order valence-electron chi connectivity index (χ0n) is 8.08. The Balaban J connectivity index is 2.46. The van der Waals surface area contributed by atoms with E-state index in [2.05, 4.69) is 0 Å². The van der Waals surface area contributed by atoms with Crippen LogP contribution in [0.4, 0.5) is 0 Å². The standard InChI is InChI=1S/C11H15NO/c1-9(2)13-11(12)8-10-6-4-3-5-7-10/h3-7,9,12H,8H2,1-2H3. The predicted molar refractivity (Wildman–Crippen MR) is 54.1 cm³/mol. The summed E-state index contributed by atoms with van der Waals surface area (Å²) >= 11 is 0. The largest absolute Gasteiger partial charge is 0.478 e. The Morgan fingerprint density at radius 2 is 1.92 bits per heavy atom. The van der Waals surface area contributed by atoms with Gasteiger partial charge in [0.25, 0.3) is 0 Å². The molecule has 0 fully saturated rings. The van der Waals surface area contributed by atoms with Crippen LogP contribution in [0.15, 0.2) is 30.3 Å². The van der Waals surface area contributed by atoms with Gasteiger partial charge in [-0.3, -0.25) is 5.41 Å². The van der Waals surface area contributed by atoms with Gasteiger partial charge in [-0.15, -0.1) is 0 Å².